The van der Waals surface area contributed by atoms with Gasteiger partial charge in [0, 0.05) is 28.7 Å². The molecule has 0 aliphatic carbocycles. The summed E-state index contributed by atoms with van der Waals surface area (Å²) in [6.07, 6.45) is 4.06. The normalized spacial score (nSPS) is 17.9. The third-order valence-corrected chi connectivity index (χ3v) is 5.92. The SMILES string of the molecule is CCc1ccc(/C(O)=C2\C(=O)C(=O)N(c3ccc(C)c(Cl)c3)C2c2cccnc2)cc1. The van der Waals surface area contributed by atoms with E-state index in [2.05, 4.69) is 4.98 Å². The molecule has 0 saturated carbocycles. The van der Waals surface area contributed by atoms with E-state index in [4.69, 9.17) is 11.6 Å². The number of pyridine rings is 1. The molecule has 2 aromatic carbocycles. The summed E-state index contributed by atoms with van der Waals surface area (Å²) in [5, 5.41) is 11.6. The summed E-state index contributed by atoms with van der Waals surface area (Å²) in [5.41, 5.74) is 3.56. The number of hydrogen-bond acceptors (Lipinski definition) is 4. The van der Waals surface area contributed by atoms with E-state index >= 15 is 0 Å². The molecule has 1 saturated heterocycles. The monoisotopic (exact) mass is 432 g/mol. The number of halogens is 1. The van der Waals surface area contributed by atoms with Gasteiger partial charge in [-0.2, -0.15) is 0 Å². The van der Waals surface area contributed by atoms with E-state index in [1.54, 1.807) is 54.9 Å². The predicted octanol–water partition coefficient (Wildman–Crippen LogP) is 5.23. The molecule has 2 heterocycles. The zero-order valence-electron chi connectivity index (χ0n) is 17.2. The maximum Gasteiger partial charge on any atom is 0.300 e. The quantitative estimate of drug-likeness (QED) is 0.348. The van der Waals surface area contributed by atoms with E-state index < -0.39 is 17.7 Å². The van der Waals surface area contributed by atoms with Crippen molar-refractivity contribution in [3.05, 3.63) is 99.8 Å². The fourth-order valence-corrected chi connectivity index (χ4v) is 3.91. The molecular formula is C25H21ClN2O3. The molecule has 1 atom stereocenters. The molecule has 0 spiro atoms. The van der Waals surface area contributed by atoms with Gasteiger partial charge in [-0.05, 0) is 48.2 Å². The topological polar surface area (TPSA) is 70.5 Å². The van der Waals surface area contributed by atoms with Crippen molar-refractivity contribution in [2.75, 3.05) is 4.90 Å². The largest absolute Gasteiger partial charge is 0.507 e. The number of carbonyl (C=O) groups is 2. The Morgan fingerprint density at radius 1 is 1.13 bits per heavy atom. The van der Waals surface area contributed by atoms with Crippen molar-refractivity contribution in [3.8, 4) is 0 Å². The van der Waals surface area contributed by atoms with Crippen LogP contribution in [0.5, 0.6) is 0 Å². The lowest BCUT2D eigenvalue weighted by Gasteiger charge is -2.25. The molecule has 1 aliphatic heterocycles. The van der Waals surface area contributed by atoms with Crippen LogP contribution in [-0.4, -0.2) is 21.8 Å². The molecule has 1 unspecified atom stereocenters. The summed E-state index contributed by atoms with van der Waals surface area (Å²) in [7, 11) is 0. The van der Waals surface area contributed by atoms with E-state index in [1.165, 1.54) is 4.90 Å². The van der Waals surface area contributed by atoms with Gasteiger partial charge in [0.25, 0.3) is 11.7 Å². The Balaban J connectivity index is 1.92. The fraction of sp³-hybridized carbons (Fsp3) is 0.160. The van der Waals surface area contributed by atoms with Crippen LogP contribution in [0, 0.1) is 6.92 Å². The molecule has 1 N–H and O–H groups in total. The molecule has 1 fully saturated rings. The Morgan fingerprint density at radius 3 is 2.48 bits per heavy atom. The molecule has 0 radical (unpaired) electrons. The maximum absolute atomic E-state index is 13.1. The van der Waals surface area contributed by atoms with Crippen molar-refractivity contribution >= 4 is 34.7 Å². The molecule has 1 amide bonds. The number of aromatic nitrogens is 1. The highest BCUT2D eigenvalue weighted by Crippen LogP contribution is 2.42. The standard InChI is InChI=1S/C25H21ClN2O3/c1-3-16-7-9-17(10-8-16)23(29)21-22(18-5-4-12-27-14-18)28(25(31)24(21)30)19-11-6-15(2)20(26)13-19/h4-14,22,29H,3H2,1-2H3/b23-21+. The summed E-state index contributed by atoms with van der Waals surface area (Å²) >= 11 is 6.30. The van der Waals surface area contributed by atoms with E-state index in [0.29, 0.717) is 21.8 Å². The van der Waals surface area contributed by atoms with Crippen molar-refractivity contribution in [2.45, 2.75) is 26.3 Å². The Labute approximate surface area is 185 Å². The van der Waals surface area contributed by atoms with Gasteiger partial charge >= 0.3 is 0 Å². The van der Waals surface area contributed by atoms with Gasteiger partial charge in [-0.25, -0.2) is 0 Å². The molecule has 4 rings (SSSR count). The number of ketones is 1. The third-order valence-electron chi connectivity index (χ3n) is 5.51. The minimum absolute atomic E-state index is 0.0268. The lowest BCUT2D eigenvalue weighted by molar-refractivity contribution is -0.132. The zero-order valence-corrected chi connectivity index (χ0v) is 17.9. The second kappa shape index (κ2) is 8.36. The van der Waals surface area contributed by atoms with Crippen molar-refractivity contribution in [3.63, 3.8) is 0 Å². The van der Waals surface area contributed by atoms with Crippen molar-refractivity contribution in [2.24, 2.45) is 0 Å². The van der Waals surface area contributed by atoms with E-state index in [-0.39, 0.29) is 11.3 Å². The van der Waals surface area contributed by atoms with Gasteiger partial charge in [-0.15, -0.1) is 0 Å². The number of rotatable bonds is 4. The van der Waals surface area contributed by atoms with Crippen LogP contribution in [0.3, 0.4) is 0 Å². The first-order chi connectivity index (χ1) is 14.9. The maximum atomic E-state index is 13.1. The van der Waals surface area contributed by atoms with Crippen LogP contribution < -0.4 is 4.90 Å². The highest BCUT2D eigenvalue weighted by atomic mass is 35.5. The highest BCUT2D eigenvalue weighted by molar-refractivity contribution is 6.51. The van der Waals surface area contributed by atoms with Crippen molar-refractivity contribution < 1.29 is 14.7 Å². The minimum Gasteiger partial charge on any atom is -0.507 e. The highest BCUT2D eigenvalue weighted by Gasteiger charge is 2.47. The molecular weight excluding hydrogens is 412 g/mol. The first-order valence-corrected chi connectivity index (χ1v) is 10.4. The smallest absolute Gasteiger partial charge is 0.300 e. The molecule has 6 heteroatoms. The van der Waals surface area contributed by atoms with E-state index in [9.17, 15) is 14.7 Å². The zero-order chi connectivity index (χ0) is 22.1. The van der Waals surface area contributed by atoms with Crippen LogP contribution in [0.25, 0.3) is 5.76 Å². The van der Waals surface area contributed by atoms with Crippen LogP contribution >= 0.6 is 11.6 Å². The summed E-state index contributed by atoms with van der Waals surface area (Å²) < 4.78 is 0. The molecule has 1 aliphatic rings. The third kappa shape index (κ3) is 3.73. The predicted molar refractivity (Wildman–Crippen MR) is 121 cm³/mol. The molecule has 0 bridgehead atoms. The van der Waals surface area contributed by atoms with Crippen LogP contribution in [0.1, 0.15) is 35.2 Å². The van der Waals surface area contributed by atoms with Crippen LogP contribution in [0.2, 0.25) is 5.02 Å². The molecule has 31 heavy (non-hydrogen) atoms. The van der Waals surface area contributed by atoms with E-state index in [0.717, 1.165) is 17.5 Å². The van der Waals surface area contributed by atoms with Crippen LogP contribution in [-0.2, 0) is 16.0 Å². The van der Waals surface area contributed by atoms with Gasteiger partial charge in [-0.1, -0.05) is 54.9 Å². The molecule has 3 aromatic rings. The number of hydrogen-bond donors (Lipinski definition) is 1. The van der Waals surface area contributed by atoms with Gasteiger partial charge in [0.1, 0.15) is 5.76 Å². The lowest BCUT2D eigenvalue weighted by Crippen LogP contribution is -2.29. The van der Waals surface area contributed by atoms with E-state index in [1.807, 2.05) is 26.0 Å². The summed E-state index contributed by atoms with van der Waals surface area (Å²) in [5.74, 6) is -1.68. The van der Waals surface area contributed by atoms with Crippen LogP contribution in [0.4, 0.5) is 5.69 Å². The van der Waals surface area contributed by atoms with Gasteiger partial charge in [-0.3, -0.25) is 19.5 Å². The number of anilines is 1. The number of aliphatic hydroxyl groups is 1. The fourth-order valence-electron chi connectivity index (χ4n) is 3.74. The molecule has 5 nitrogen and oxygen atoms in total. The minimum atomic E-state index is -0.821. The van der Waals surface area contributed by atoms with Gasteiger partial charge in [0.05, 0.1) is 11.6 Å². The summed E-state index contributed by atoms with van der Waals surface area (Å²) in [4.78, 5) is 31.7. The number of benzene rings is 2. The first kappa shape index (κ1) is 20.8. The second-order valence-corrected chi connectivity index (χ2v) is 7.85. The van der Waals surface area contributed by atoms with Crippen LogP contribution in [0.15, 0.2) is 72.6 Å². The number of nitrogens with zero attached hydrogens (tertiary/aromatic N) is 2. The number of Topliss-reactive ketones (excluding diaryl/α,β-unsaturated/α-hetero) is 1. The Bertz CT molecular complexity index is 1190. The summed E-state index contributed by atoms with van der Waals surface area (Å²) in [6.45, 7) is 3.90. The van der Waals surface area contributed by atoms with Gasteiger partial charge < -0.3 is 5.11 Å². The second-order valence-electron chi connectivity index (χ2n) is 7.44. The number of amides is 1. The number of aryl methyl sites for hydroxylation is 2. The van der Waals surface area contributed by atoms with Crippen molar-refractivity contribution in [1.29, 1.82) is 0 Å². The number of aliphatic hydroxyl groups excluding tert-OH is 1. The molecule has 156 valence electrons. The Morgan fingerprint density at radius 2 is 1.87 bits per heavy atom. The number of carbonyl (C=O) groups excluding carboxylic acids is 2. The Kier molecular flexibility index (Phi) is 5.61. The molecule has 1 aromatic heterocycles. The van der Waals surface area contributed by atoms with Gasteiger partial charge in [0.15, 0.2) is 0 Å². The first-order valence-electron chi connectivity index (χ1n) is 9.98. The van der Waals surface area contributed by atoms with Crippen molar-refractivity contribution in [1.82, 2.24) is 4.98 Å². The van der Waals surface area contributed by atoms with Gasteiger partial charge in [0.2, 0.25) is 0 Å². The average molecular weight is 433 g/mol. The lowest BCUT2D eigenvalue weighted by atomic mass is 9.95. The summed E-state index contributed by atoms with van der Waals surface area (Å²) in [6, 6.07) is 15.2. The Hall–Kier alpha value is -3.44. The average Bonchev–Trinajstić information content (AvgIpc) is 3.06.